The molecule has 94 valence electrons. The quantitative estimate of drug-likeness (QED) is 0.903. The molecule has 0 unspecified atom stereocenters. The Bertz CT molecular complexity index is 667. The summed E-state index contributed by atoms with van der Waals surface area (Å²) in [5, 5.41) is 9.94. The molecule has 0 amide bonds. The molecule has 2 N–H and O–H groups in total. The van der Waals surface area contributed by atoms with Crippen molar-refractivity contribution in [2.24, 2.45) is 0 Å². The van der Waals surface area contributed by atoms with Crippen molar-refractivity contribution in [2.45, 2.75) is 18.8 Å². The molecule has 0 aliphatic heterocycles. The summed E-state index contributed by atoms with van der Waals surface area (Å²) in [6.07, 6.45) is 2.30. The van der Waals surface area contributed by atoms with Crippen molar-refractivity contribution >= 4 is 17.4 Å². The fraction of sp³-hybridized carbons (Fsp3) is 0.200. The predicted octanol–water partition coefficient (Wildman–Crippen LogP) is 3.73. The molecule has 0 atom stereocenters. The SMILES string of the molecule is N#Cc1c(-c2ccc(Cl)cc2)cc(C2CC2)nc1N. The van der Waals surface area contributed by atoms with Gasteiger partial charge in [0.2, 0.25) is 0 Å². The molecule has 0 spiro atoms. The lowest BCUT2D eigenvalue weighted by Crippen LogP contribution is -2.01. The Morgan fingerprint density at radius 1 is 1.26 bits per heavy atom. The fourth-order valence-corrected chi connectivity index (χ4v) is 2.27. The van der Waals surface area contributed by atoms with Crippen LogP contribution in [0.15, 0.2) is 30.3 Å². The minimum absolute atomic E-state index is 0.317. The Balaban J connectivity index is 2.17. The zero-order valence-corrected chi connectivity index (χ0v) is 11.0. The molecule has 0 bridgehead atoms. The highest BCUT2D eigenvalue weighted by atomic mass is 35.5. The number of hydrogen-bond acceptors (Lipinski definition) is 3. The van der Waals surface area contributed by atoms with Crippen LogP contribution < -0.4 is 5.73 Å². The van der Waals surface area contributed by atoms with Crippen molar-refractivity contribution in [3.8, 4) is 17.2 Å². The lowest BCUT2D eigenvalue weighted by atomic mass is 9.99. The molecule has 1 heterocycles. The molecular weight excluding hydrogens is 258 g/mol. The van der Waals surface area contributed by atoms with Gasteiger partial charge in [-0.2, -0.15) is 5.26 Å². The minimum Gasteiger partial charge on any atom is -0.383 e. The van der Waals surface area contributed by atoms with Crippen LogP contribution >= 0.6 is 11.6 Å². The van der Waals surface area contributed by atoms with Crippen molar-refractivity contribution in [3.63, 3.8) is 0 Å². The van der Waals surface area contributed by atoms with Crippen LogP contribution in [0.4, 0.5) is 5.82 Å². The summed E-state index contributed by atoms with van der Waals surface area (Å²) in [5.74, 6) is 0.818. The average Bonchev–Trinajstić information content (AvgIpc) is 3.23. The monoisotopic (exact) mass is 269 g/mol. The van der Waals surface area contributed by atoms with Gasteiger partial charge < -0.3 is 5.73 Å². The Hall–Kier alpha value is -2.05. The highest BCUT2D eigenvalue weighted by molar-refractivity contribution is 6.30. The third kappa shape index (κ3) is 2.27. The van der Waals surface area contributed by atoms with E-state index in [1.165, 1.54) is 0 Å². The van der Waals surface area contributed by atoms with Crippen molar-refractivity contribution in [2.75, 3.05) is 5.73 Å². The van der Waals surface area contributed by atoms with Gasteiger partial charge >= 0.3 is 0 Å². The Kier molecular flexibility index (Phi) is 2.88. The molecule has 2 aromatic rings. The number of hydrogen-bond donors (Lipinski definition) is 1. The first-order valence-electron chi connectivity index (χ1n) is 6.15. The molecule has 1 aliphatic carbocycles. The number of benzene rings is 1. The zero-order valence-electron chi connectivity index (χ0n) is 10.2. The van der Waals surface area contributed by atoms with Crippen LogP contribution in [0.25, 0.3) is 11.1 Å². The number of anilines is 1. The van der Waals surface area contributed by atoms with Crippen LogP contribution in [-0.4, -0.2) is 4.98 Å². The summed E-state index contributed by atoms with van der Waals surface area (Å²) in [4.78, 5) is 4.34. The number of aromatic nitrogens is 1. The molecule has 1 aromatic carbocycles. The smallest absolute Gasteiger partial charge is 0.142 e. The summed E-state index contributed by atoms with van der Waals surface area (Å²) in [6, 6.07) is 11.5. The van der Waals surface area contributed by atoms with Gasteiger partial charge in [0, 0.05) is 22.2 Å². The normalized spacial score (nSPS) is 14.1. The molecular formula is C15H12ClN3. The van der Waals surface area contributed by atoms with Crippen molar-refractivity contribution in [3.05, 3.63) is 46.6 Å². The van der Waals surface area contributed by atoms with Crippen LogP contribution in [0.1, 0.15) is 30.0 Å². The van der Waals surface area contributed by atoms with Gasteiger partial charge in [0.25, 0.3) is 0 Å². The van der Waals surface area contributed by atoms with Gasteiger partial charge in [-0.3, -0.25) is 0 Å². The molecule has 19 heavy (non-hydrogen) atoms. The van der Waals surface area contributed by atoms with Crippen LogP contribution in [0.3, 0.4) is 0 Å². The van der Waals surface area contributed by atoms with E-state index in [9.17, 15) is 5.26 Å². The molecule has 3 rings (SSSR count). The van der Waals surface area contributed by atoms with Gasteiger partial charge in [-0.1, -0.05) is 23.7 Å². The first kappa shape index (κ1) is 12.0. The van der Waals surface area contributed by atoms with Crippen LogP contribution in [0.2, 0.25) is 5.02 Å². The maximum atomic E-state index is 9.26. The van der Waals surface area contributed by atoms with E-state index in [1.54, 1.807) is 0 Å². The second kappa shape index (κ2) is 4.56. The maximum Gasteiger partial charge on any atom is 0.142 e. The number of nitrogens with zero attached hydrogens (tertiary/aromatic N) is 2. The largest absolute Gasteiger partial charge is 0.383 e. The molecule has 4 heteroatoms. The third-order valence-corrected chi connectivity index (χ3v) is 3.58. The summed E-state index contributed by atoms with van der Waals surface area (Å²) < 4.78 is 0. The van der Waals surface area contributed by atoms with Crippen molar-refractivity contribution < 1.29 is 0 Å². The molecule has 3 nitrogen and oxygen atoms in total. The van der Waals surface area contributed by atoms with E-state index in [2.05, 4.69) is 11.1 Å². The second-order valence-electron chi connectivity index (χ2n) is 4.75. The summed E-state index contributed by atoms with van der Waals surface area (Å²) in [6.45, 7) is 0. The second-order valence-corrected chi connectivity index (χ2v) is 5.18. The lowest BCUT2D eigenvalue weighted by molar-refractivity contribution is 1.03. The molecule has 1 aromatic heterocycles. The lowest BCUT2D eigenvalue weighted by Gasteiger charge is -2.09. The number of nitrogen functional groups attached to an aromatic ring is 1. The first-order valence-corrected chi connectivity index (χ1v) is 6.53. The average molecular weight is 270 g/mol. The molecule has 1 fully saturated rings. The van der Waals surface area contributed by atoms with Gasteiger partial charge in [0.15, 0.2) is 0 Å². The van der Waals surface area contributed by atoms with Crippen molar-refractivity contribution in [1.82, 2.24) is 4.98 Å². The zero-order chi connectivity index (χ0) is 13.4. The summed E-state index contributed by atoms with van der Waals surface area (Å²) in [7, 11) is 0. The Morgan fingerprint density at radius 3 is 2.53 bits per heavy atom. The van der Waals surface area contributed by atoms with Gasteiger partial charge in [-0.15, -0.1) is 0 Å². The molecule has 1 aliphatic rings. The minimum atomic E-state index is 0.317. The predicted molar refractivity (Wildman–Crippen MR) is 75.8 cm³/mol. The Labute approximate surface area is 116 Å². The van der Waals surface area contributed by atoms with E-state index >= 15 is 0 Å². The van der Waals surface area contributed by atoms with E-state index in [4.69, 9.17) is 17.3 Å². The van der Waals surface area contributed by atoms with E-state index in [-0.39, 0.29) is 0 Å². The topological polar surface area (TPSA) is 62.7 Å². The van der Waals surface area contributed by atoms with E-state index < -0.39 is 0 Å². The van der Waals surface area contributed by atoms with Gasteiger partial charge in [0.1, 0.15) is 17.5 Å². The number of halogens is 1. The third-order valence-electron chi connectivity index (χ3n) is 3.33. The standard InChI is InChI=1S/C15H12ClN3/c16-11-5-3-9(4-6-11)12-7-14(10-1-2-10)19-15(18)13(12)8-17/h3-7,10H,1-2H2,(H2,18,19). The fourth-order valence-electron chi connectivity index (χ4n) is 2.15. The number of pyridine rings is 1. The highest BCUT2D eigenvalue weighted by Crippen LogP contribution is 2.41. The molecule has 0 saturated heterocycles. The maximum absolute atomic E-state index is 9.26. The molecule has 0 radical (unpaired) electrons. The number of rotatable bonds is 2. The number of nitriles is 1. The Morgan fingerprint density at radius 2 is 1.95 bits per heavy atom. The van der Waals surface area contributed by atoms with Crippen LogP contribution in [0, 0.1) is 11.3 Å². The highest BCUT2D eigenvalue weighted by Gasteiger charge is 2.27. The van der Waals surface area contributed by atoms with Crippen molar-refractivity contribution in [1.29, 1.82) is 5.26 Å². The molecule has 1 saturated carbocycles. The van der Waals surface area contributed by atoms with E-state index in [1.807, 2.05) is 30.3 Å². The summed E-state index contributed by atoms with van der Waals surface area (Å²) >= 11 is 5.89. The van der Waals surface area contributed by atoms with Gasteiger partial charge in [-0.25, -0.2) is 4.98 Å². The van der Waals surface area contributed by atoms with Gasteiger partial charge in [0.05, 0.1) is 0 Å². The van der Waals surface area contributed by atoms with Crippen LogP contribution in [0.5, 0.6) is 0 Å². The van der Waals surface area contributed by atoms with E-state index in [0.717, 1.165) is 29.7 Å². The van der Waals surface area contributed by atoms with Gasteiger partial charge in [-0.05, 0) is 36.6 Å². The summed E-state index contributed by atoms with van der Waals surface area (Å²) in [5.41, 5.74) is 9.11. The van der Waals surface area contributed by atoms with E-state index in [0.29, 0.717) is 22.3 Å². The first-order chi connectivity index (χ1) is 9.19. The number of nitrogens with two attached hydrogens (primary N) is 1. The van der Waals surface area contributed by atoms with Crippen LogP contribution in [-0.2, 0) is 0 Å².